The summed E-state index contributed by atoms with van der Waals surface area (Å²) in [5.41, 5.74) is 9.99. The number of nitrogens with zero attached hydrogens (tertiary/aromatic N) is 4. The molecule has 0 bridgehead atoms. The van der Waals surface area contributed by atoms with Crippen LogP contribution in [0.3, 0.4) is 0 Å². The van der Waals surface area contributed by atoms with Crippen molar-refractivity contribution >= 4 is 44.6 Å². The van der Waals surface area contributed by atoms with Gasteiger partial charge in [-0.2, -0.15) is 0 Å². The quantitative estimate of drug-likeness (QED) is 0.179. The summed E-state index contributed by atoms with van der Waals surface area (Å²) < 4.78 is 24.1. The highest BCUT2D eigenvalue weighted by Crippen LogP contribution is 2.46. The van der Waals surface area contributed by atoms with Gasteiger partial charge in [-0.25, -0.2) is 9.37 Å². The monoisotopic (exact) mass is 652 g/mol. The molecular formula is C44H33FN4O. The Labute approximate surface area is 290 Å². The van der Waals surface area contributed by atoms with E-state index in [4.69, 9.17) is 9.72 Å². The Bertz CT molecular complexity index is 2570. The van der Waals surface area contributed by atoms with Crippen molar-refractivity contribution in [3.05, 3.63) is 169 Å². The molecule has 0 aliphatic carbocycles. The second kappa shape index (κ2) is 11.9. The van der Waals surface area contributed by atoms with E-state index >= 15 is 4.39 Å². The van der Waals surface area contributed by atoms with Gasteiger partial charge in [0.15, 0.2) is 0 Å². The van der Waals surface area contributed by atoms with E-state index in [2.05, 4.69) is 114 Å². The summed E-state index contributed by atoms with van der Waals surface area (Å²) in [6.45, 7) is 4.64. The van der Waals surface area contributed by atoms with Gasteiger partial charge in [0.25, 0.3) is 0 Å². The molecule has 0 spiro atoms. The number of aryl methyl sites for hydroxylation is 2. The number of fused-ring (bicyclic) bond motifs is 4. The maximum Gasteiger partial charge on any atom is 0.146 e. The predicted molar refractivity (Wildman–Crippen MR) is 202 cm³/mol. The van der Waals surface area contributed by atoms with Gasteiger partial charge in [-0.1, -0.05) is 72.3 Å². The third-order valence-electron chi connectivity index (χ3n) is 9.45. The Morgan fingerprint density at radius 3 is 2.12 bits per heavy atom. The van der Waals surface area contributed by atoms with Crippen molar-refractivity contribution in [2.45, 2.75) is 13.8 Å². The Hall–Kier alpha value is -6.40. The number of benzene rings is 6. The fourth-order valence-electron chi connectivity index (χ4n) is 7.14. The number of pyridine rings is 1. The van der Waals surface area contributed by atoms with E-state index in [0.29, 0.717) is 18.1 Å². The third-order valence-corrected chi connectivity index (χ3v) is 9.45. The van der Waals surface area contributed by atoms with E-state index in [9.17, 15) is 0 Å². The van der Waals surface area contributed by atoms with Gasteiger partial charge in [-0.15, -0.1) is 0 Å². The van der Waals surface area contributed by atoms with Crippen LogP contribution in [-0.4, -0.2) is 16.2 Å². The number of rotatable bonds is 6. The summed E-state index contributed by atoms with van der Waals surface area (Å²) in [6.07, 6.45) is 1.85. The second-order valence-electron chi connectivity index (χ2n) is 12.8. The van der Waals surface area contributed by atoms with Gasteiger partial charge in [0.2, 0.25) is 0 Å². The zero-order valence-electron chi connectivity index (χ0n) is 27.7. The Morgan fingerprint density at radius 2 is 1.30 bits per heavy atom. The van der Waals surface area contributed by atoms with Gasteiger partial charge in [-0.3, -0.25) is 4.57 Å². The summed E-state index contributed by atoms with van der Waals surface area (Å²) in [7, 11) is 0. The molecule has 8 aromatic rings. The molecule has 0 saturated heterocycles. The third kappa shape index (κ3) is 5.13. The molecule has 0 unspecified atom stereocenters. The minimum Gasteiger partial charge on any atom is -0.457 e. The molecule has 0 amide bonds. The molecule has 0 radical (unpaired) electrons. The van der Waals surface area contributed by atoms with Gasteiger partial charge in [0, 0.05) is 34.8 Å². The van der Waals surface area contributed by atoms with Crippen molar-refractivity contribution in [1.29, 1.82) is 0 Å². The highest BCUT2D eigenvalue weighted by molar-refractivity contribution is 6.09. The summed E-state index contributed by atoms with van der Waals surface area (Å²) in [5, 5.41) is 2.29. The molecule has 2 aromatic heterocycles. The maximum absolute atomic E-state index is 15.1. The lowest BCUT2D eigenvalue weighted by Gasteiger charge is -2.23. The van der Waals surface area contributed by atoms with E-state index in [1.807, 2.05) is 53.6 Å². The molecule has 9 rings (SSSR count). The van der Waals surface area contributed by atoms with Crippen LogP contribution in [0.4, 0.5) is 27.1 Å². The van der Waals surface area contributed by atoms with Gasteiger partial charge in [-0.05, 0) is 97.3 Å². The largest absolute Gasteiger partial charge is 0.457 e. The first-order valence-electron chi connectivity index (χ1n) is 16.7. The number of ether oxygens (including phenoxy) is 1. The van der Waals surface area contributed by atoms with Crippen molar-refractivity contribution in [3.8, 4) is 28.4 Å². The van der Waals surface area contributed by atoms with Crippen LogP contribution in [0.5, 0.6) is 11.5 Å². The number of aromatic nitrogens is 2. The van der Waals surface area contributed by atoms with Gasteiger partial charge in [0.05, 0.1) is 28.1 Å². The Kier molecular flexibility index (Phi) is 7.09. The van der Waals surface area contributed by atoms with Crippen LogP contribution in [0.25, 0.3) is 38.8 Å². The van der Waals surface area contributed by atoms with Crippen LogP contribution in [0, 0.1) is 19.7 Å². The molecule has 0 fully saturated rings. The molecule has 1 aliphatic rings. The smallest absolute Gasteiger partial charge is 0.146 e. The highest BCUT2D eigenvalue weighted by atomic mass is 19.1. The zero-order chi connectivity index (χ0) is 33.8. The molecule has 3 heterocycles. The molecule has 0 atom stereocenters. The van der Waals surface area contributed by atoms with Gasteiger partial charge < -0.3 is 14.5 Å². The van der Waals surface area contributed by atoms with Crippen LogP contribution < -0.4 is 14.5 Å². The Morgan fingerprint density at radius 1 is 0.560 bits per heavy atom. The van der Waals surface area contributed by atoms with Crippen LogP contribution in [0.2, 0.25) is 0 Å². The minimum absolute atomic E-state index is 0.254. The fraction of sp³-hybridized carbons (Fsp3) is 0.0682. The molecule has 50 heavy (non-hydrogen) atoms. The highest BCUT2D eigenvalue weighted by Gasteiger charge is 2.30. The number of anilines is 4. The summed E-state index contributed by atoms with van der Waals surface area (Å²) >= 11 is 0. The SMILES string of the molecule is Cc1cccc(-c2cc(Oc3ccc4c5ccccc5n(-c5cc(C)ccn5)c4c3)cc(N3CN(c4ccccc4F)c4ccccc43)c2)c1. The number of hydrogen-bond acceptors (Lipinski definition) is 4. The van der Waals surface area contributed by atoms with Crippen LogP contribution in [-0.2, 0) is 0 Å². The van der Waals surface area contributed by atoms with Crippen molar-refractivity contribution in [2.75, 3.05) is 16.5 Å². The van der Waals surface area contributed by atoms with E-state index in [1.54, 1.807) is 6.07 Å². The standard InChI is InChI=1S/C44H33FN4O/c1-29-10-9-11-31(22-29)32-24-33(47-28-48(40-15-6-4-13-38(40)45)42-17-8-7-16-41(42)47)26-35(25-32)50-34-18-19-37-36-12-3-5-14-39(36)49(43(37)27-34)44-23-30(2)20-21-46-44/h3-27H,28H2,1-2H3. The van der Waals surface area contributed by atoms with Gasteiger partial charge >= 0.3 is 0 Å². The fourth-order valence-corrected chi connectivity index (χ4v) is 7.14. The van der Waals surface area contributed by atoms with E-state index < -0.39 is 0 Å². The average Bonchev–Trinajstić information content (AvgIpc) is 3.68. The molecule has 6 aromatic carbocycles. The van der Waals surface area contributed by atoms with Crippen LogP contribution in [0.1, 0.15) is 11.1 Å². The molecule has 5 nitrogen and oxygen atoms in total. The lowest BCUT2D eigenvalue weighted by atomic mass is 10.0. The molecule has 242 valence electrons. The van der Waals surface area contributed by atoms with Crippen molar-refractivity contribution < 1.29 is 9.13 Å². The number of hydrogen-bond donors (Lipinski definition) is 0. The van der Waals surface area contributed by atoms with Crippen molar-refractivity contribution in [3.63, 3.8) is 0 Å². The van der Waals surface area contributed by atoms with E-state index in [1.165, 1.54) is 11.6 Å². The molecule has 1 aliphatic heterocycles. The first kappa shape index (κ1) is 29.7. The maximum atomic E-state index is 15.1. The first-order chi connectivity index (χ1) is 24.5. The summed E-state index contributed by atoms with van der Waals surface area (Å²) in [4.78, 5) is 8.99. The molecule has 0 N–H and O–H groups in total. The second-order valence-corrected chi connectivity index (χ2v) is 12.8. The predicted octanol–water partition coefficient (Wildman–Crippen LogP) is 11.6. The average molecular weight is 653 g/mol. The Balaban J connectivity index is 1.17. The minimum atomic E-state index is -0.254. The number of para-hydroxylation sites is 4. The zero-order valence-corrected chi connectivity index (χ0v) is 27.7. The molecular weight excluding hydrogens is 620 g/mol. The molecule has 6 heteroatoms. The van der Waals surface area contributed by atoms with Crippen molar-refractivity contribution in [1.82, 2.24) is 9.55 Å². The van der Waals surface area contributed by atoms with Crippen LogP contribution >= 0.6 is 0 Å². The van der Waals surface area contributed by atoms with Gasteiger partial charge in [0.1, 0.15) is 29.8 Å². The van der Waals surface area contributed by atoms with Crippen molar-refractivity contribution in [2.24, 2.45) is 0 Å². The lowest BCUT2D eigenvalue weighted by molar-refractivity contribution is 0.483. The number of halogens is 1. The normalized spacial score (nSPS) is 12.5. The lowest BCUT2D eigenvalue weighted by Crippen LogP contribution is -2.24. The molecule has 0 saturated carbocycles. The van der Waals surface area contributed by atoms with Crippen LogP contribution in [0.15, 0.2) is 152 Å². The topological polar surface area (TPSA) is 33.5 Å². The summed E-state index contributed by atoms with van der Waals surface area (Å²) in [6, 6.07) is 48.7. The van der Waals surface area contributed by atoms with E-state index in [-0.39, 0.29) is 5.82 Å². The summed E-state index contributed by atoms with van der Waals surface area (Å²) in [5.74, 6) is 2.03. The van der Waals surface area contributed by atoms with E-state index in [0.717, 1.165) is 67.1 Å². The first-order valence-corrected chi connectivity index (χ1v) is 16.7.